The Kier molecular flexibility index (Phi) is 6.49. The summed E-state index contributed by atoms with van der Waals surface area (Å²) in [5, 5.41) is 0. The average Bonchev–Trinajstić information content (AvgIpc) is 2.69. The monoisotopic (exact) mass is 426 g/mol. The van der Waals surface area contributed by atoms with Gasteiger partial charge in [0.15, 0.2) is 0 Å². The summed E-state index contributed by atoms with van der Waals surface area (Å²) in [4.78, 5) is 12.3. The van der Waals surface area contributed by atoms with Gasteiger partial charge in [0.05, 0.1) is 10.0 Å². The summed E-state index contributed by atoms with van der Waals surface area (Å²) >= 11 is 3.40. The number of esters is 1. The molecule has 0 spiro atoms. The van der Waals surface area contributed by atoms with Gasteiger partial charge >= 0.3 is 5.97 Å². The van der Waals surface area contributed by atoms with Gasteiger partial charge in [0.25, 0.3) is 0 Å². The maximum Gasteiger partial charge on any atom is 0.343 e. The van der Waals surface area contributed by atoms with Crippen molar-refractivity contribution >= 4 is 21.9 Å². The van der Waals surface area contributed by atoms with Crippen molar-refractivity contribution < 1.29 is 19.0 Å². The molecule has 0 bridgehead atoms. The fourth-order valence-corrected chi connectivity index (χ4v) is 2.94. The number of carbonyl (C=O) groups excluding carboxylic acids is 1. The summed E-state index contributed by atoms with van der Waals surface area (Å²) in [5.41, 5.74) is 1.54. The quantitative estimate of drug-likeness (QED) is 0.286. The number of ether oxygens (including phenoxy) is 3. The lowest BCUT2D eigenvalue weighted by Crippen LogP contribution is -2.10. The van der Waals surface area contributed by atoms with E-state index in [2.05, 4.69) is 15.9 Å². The molecule has 0 aliphatic carbocycles. The highest BCUT2D eigenvalue weighted by atomic mass is 79.9. The Balaban J connectivity index is 1.49. The fourth-order valence-electron chi connectivity index (χ4n) is 2.37. The third kappa shape index (κ3) is 5.59. The summed E-state index contributed by atoms with van der Waals surface area (Å²) in [7, 11) is 0. The predicted molar refractivity (Wildman–Crippen MR) is 108 cm³/mol. The lowest BCUT2D eigenvalue weighted by molar-refractivity contribution is 0.0733. The summed E-state index contributed by atoms with van der Waals surface area (Å²) < 4.78 is 17.4. The van der Waals surface area contributed by atoms with Crippen LogP contribution in [0.1, 0.15) is 15.9 Å². The molecule has 0 saturated heterocycles. The second kappa shape index (κ2) is 9.24. The molecule has 27 heavy (non-hydrogen) atoms. The topological polar surface area (TPSA) is 44.8 Å². The molecule has 4 nitrogen and oxygen atoms in total. The van der Waals surface area contributed by atoms with Crippen LogP contribution in [-0.4, -0.2) is 19.2 Å². The van der Waals surface area contributed by atoms with Crippen LogP contribution in [0.5, 0.6) is 17.2 Å². The number of hydrogen-bond acceptors (Lipinski definition) is 4. The molecule has 3 aromatic carbocycles. The lowest BCUT2D eigenvalue weighted by atomic mass is 10.2. The normalized spacial score (nSPS) is 10.3. The molecule has 0 radical (unpaired) electrons. The van der Waals surface area contributed by atoms with Gasteiger partial charge in [0, 0.05) is 0 Å². The van der Waals surface area contributed by atoms with Gasteiger partial charge in [-0.2, -0.15) is 0 Å². The number of benzene rings is 3. The van der Waals surface area contributed by atoms with E-state index in [0.29, 0.717) is 30.3 Å². The van der Waals surface area contributed by atoms with Crippen LogP contribution in [-0.2, 0) is 0 Å². The first-order chi connectivity index (χ1) is 13.1. The van der Waals surface area contributed by atoms with Crippen molar-refractivity contribution in [1.82, 2.24) is 0 Å². The third-order valence-corrected chi connectivity index (χ3v) is 4.36. The molecule has 0 heterocycles. The van der Waals surface area contributed by atoms with Crippen LogP contribution in [0.3, 0.4) is 0 Å². The van der Waals surface area contributed by atoms with Gasteiger partial charge in [-0.15, -0.1) is 0 Å². The van der Waals surface area contributed by atoms with Crippen LogP contribution in [0, 0.1) is 6.92 Å². The van der Waals surface area contributed by atoms with Crippen molar-refractivity contribution in [2.45, 2.75) is 6.92 Å². The minimum absolute atomic E-state index is 0.412. The van der Waals surface area contributed by atoms with E-state index in [1.807, 2.05) is 49.4 Å². The van der Waals surface area contributed by atoms with Gasteiger partial charge < -0.3 is 14.2 Å². The Hall–Kier alpha value is -2.79. The smallest absolute Gasteiger partial charge is 0.343 e. The summed E-state index contributed by atoms with van der Waals surface area (Å²) in [6.45, 7) is 2.82. The molecule has 0 aromatic heterocycles. The zero-order valence-corrected chi connectivity index (χ0v) is 16.4. The molecule has 0 N–H and O–H groups in total. The van der Waals surface area contributed by atoms with Gasteiger partial charge in [-0.3, -0.25) is 0 Å². The van der Waals surface area contributed by atoms with E-state index >= 15 is 0 Å². The molecule has 0 fully saturated rings. The minimum atomic E-state index is -0.418. The van der Waals surface area contributed by atoms with Crippen LogP contribution in [0.15, 0.2) is 77.3 Å². The Morgan fingerprint density at radius 1 is 0.852 bits per heavy atom. The largest absolute Gasteiger partial charge is 0.490 e. The molecule has 138 valence electrons. The van der Waals surface area contributed by atoms with Gasteiger partial charge in [-0.1, -0.05) is 24.3 Å². The lowest BCUT2D eigenvalue weighted by Gasteiger charge is -2.09. The van der Waals surface area contributed by atoms with Crippen molar-refractivity contribution in [3.8, 4) is 17.2 Å². The summed E-state index contributed by atoms with van der Waals surface area (Å²) in [6.07, 6.45) is 0. The second-order valence-electron chi connectivity index (χ2n) is 5.86. The van der Waals surface area contributed by atoms with Gasteiger partial charge in [0.2, 0.25) is 0 Å². The van der Waals surface area contributed by atoms with Crippen LogP contribution in [0.4, 0.5) is 0 Å². The standard InChI is InChI=1S/C22H19BrO4/c1-16-7-12-21(20(23)15-16)27-22(24)17-8-10-19(11-9-17)26-14-13-25-18-5-3-2-4-6-18/h2-12,15H,13-14H2,1H3. The zero-order valence-electron chi connectivity index (χ0n) is 14.9. The van der Waals surface area contributed by atoms with E-state index in [-0.39, 0.29) is 0 Å². The Morgan fingerprint density at radius 2 is 1.48 bits per heavy atom. The van der Waals surface area contributed by atoms with Crippen LogP contribution < -0.4 is 14.2 Å². The highest BCUT2D eigenvalue weighted by Gasteiger charge is 2.11. The van der Waals surface area contributed by atoms with Crippen molar-refractivity contribution in [2.24, 2.45) is 0 Å². The second-order valence-corrected chi connectivity index (χ2v) is 6.71. The fraction of sp³-hybridized carbons (Fsp3) is 0.136. The van der Waals surface area contributed by atoms with E-state index in [0.717, 1.165) is 15.8 Å². The molecule has 0 aliphatic rings. The minimum Gasteiger partial charge on any atom is -0.490 e. The highest BCUT2D eigenvalue weighted by Crippen LogP contribution is 2.26. The van der Waals surface area contributed by atoms with E-state index < -0.39 is 5.97 Å². The van der Waals surface area contributed by atoms with Crippen molar-refractivity contribution in [2.75, 3.05) is 13.2 Å². The van der Waals surface area contributed by atoms with E-state index in [1.54, 1.807) is 30.3 Å². The van der Waals surface area contributed by atoms with Gasteiger partial charge in [-0.05, 0) is 76.9 Å². The summed E-state index contributed by atoms with van der Waals surface area (Å²) in [6, 6.07) is 22.0. The van der Waals surface area contributed by atoms with E-state index in [4.69, 9.17) is 14.2 Å². The SMILES string of the molecule is Cc1ccc(OC(=O)c2ccc(OCCOc3ccccc3)cc2)c(Br)c1. The maximum atomic E-state index is 12.3. The molecule has 0 aliphatic heterocycles. The number of halogens is 1. The molecule has 0 saturated carbocycles. The number of rotatable bonds is 7. The molecule has 5 heteroatoms. The predicted octanol–water partition coefficient (Wildman–Crippen LogP) is 5.43. The first kappa shape index (κ1) is 19.0. The third-order valence-electron chi connectivity index (χ3n) is 3.74. The first-order valence-corrected chi connectivity index (χ1v) is 9.30. The van der Waals surface area contributed by atoms with Gasteiger partial charge in [-0.25, -0.2) is 4.79 Å². The number of aryl methyl sites for hydroxylation is 1. The zero-order chi connectivity index (χ0) is 19.1. The molecule has 3 rings (SSSR count). The van der Waals surface area contributed by atoms with E-state index in [9.17, 15) is 4.79 Å². The van der Waals surface area contributed by atoms with Crippen molar-refractivity contribution in [1.29, 1.82) is 0 Å². The van der Waals surface area contributed by atoms with Crippen molar-refractivity contribution in [3.05, 3.63) is 88.4 Å². The Morgan fingerprint density at radius 3 is 2.11 bits per heavy atom. The highest BCUT2D eigenvalue weighted by molar-refractivity contribution is 9.10. The molecular formula is C22H19BrO4. The van der Waals surface area contributed by atoms with Crippen LogP contribution in [0.2, 0.25) is 0 Å². The number of hydrogen-bond donors (Lipinski definition) is 0. The molecular weight excluding hydrogens is 408 g/mol. The van der Waals surface area contributed by atoms with E-state index in [1.165, 1.54) is 0 Å². The first-order valence-electron chi connectivity index (χ1n) is 8.51. The maximum absolute atomic E-state index is 12.3. The van der Waals surface area contributed by atoms with Crippen LogP contribution >= 0.6 is 15.9 Å². The van der Waals surface area contributed by atoms with Crippen LogP contribution in [0.25, 0.3) is 0 Å². The Labute approximate surface area is 166 Å². The molecule has 0 unspecified atom stereocenters. The molecule has 0 atom stereocenters. The Bertz CT molecular complexity index is 892. The van der Waals surface area contributed by atoms with Gasteiger partial charge in [0.1, 0.15) is 30.5 Å². The van der Waals surface area contributed by atoms with Crippen molar-refractivity contribution in [3.63, 3.8) is 0 Å². The molecule has 3 aromatic rings. The number of carbonyl (C=O) groups is 1. The molecule has 0 amide bonds. The average molecular weight is 427 g/mol. The number of para-hydroxylation sites is 1. The summed E-state index contributed by atoms with van der Waals surface area (Å²) in [5.74, 6) is 1.55.